The number of carbonyl (C=O) groups excluding carboxylic acids is 4. The third kappa shape index (κ3) is 19.8. The Bertz CT molecular complexity index is 846. The number of phosphoric acid groups is 2. The van der Waals surface area contributed by atoms with Crippen LogP contribution in [-0.2, 0) is 65.4 Å². The summed E-state index contributed by atoms with van der Waals surface area (Å²) in [7, 11) is -9.63. The first kappa shape index (κ1) is 35.1. The van der Waals surface area contributed by atoms with Crippen LogP contribution < -0.4 is 0 Å². The molecule has 0 aliphatic heterocycles. The number of hydrogen-bond acceptors (Lipinski definition) is 15. The lowest BCUT2D eigenvalue weighted by atomic mass is 10.4. The number of esters is 4. The van der Waals surface area contributed by atoms with Gasteiger partial charge in [0, 0.05) is 27.2 Å². The quantitative estimate of drug-likeness (QED) is 0.103. The van der Waals surface area contributed by atoms with Gasteiger partial charge in [0.15, 0.2) is 12.2 Å². The number of hydrogen-bond donors (Lipinski definition) is 3. The Kier molecular flexibility index (Phi) is 16.6. The van der Waals surface area contributed by atoms with Gasteiger partial charge < -0.3 is 33.8 Å². The molecule has 0 saturated carbocycles. The maximum absolute atomic E-state index is 12.0. The van der Waals surface area contributed by atoms with Gasteiger partial charge in [-0.15, -0.1) is 0 Å². The highest BCUT2D eigenvalue weighted by atomic mass is 31.2. The summed E-state index contributed by atoms with van der Waals surface area (Å²) < 4.78 is 61.3. The van der Waals surface area contributed by atoms with Gasteiger partial charge in [-0.25, -0.2) is 9.13 Å². The summed E-state index contributed by atoms with van der Waals surface area (Å²) in [5.74, 6) is -2.86. The second-order valence-corrected chi connectivity index (χ2v) is 9.98. The van der Waals surface area contributed by atoms with E-state index in [1.54, 1.807) is 0 Å². The van der Waals surface area contributed by atoms with E-state index in [4.69, 9.17) is 9.47 Å². The van der Waals surface area contributed by atoms with Crippen LogP contribution in [0.2, 0.25) is 0 Å². The summed E-state index contributed by atoms with van der Waals surface area (Å²) in [6.07, 6.45) is -4.18. The van der Waals surface area contributed by atoms with Gasteiger partial charge in [0.2, 0.25) is 0 Å². The van der Waals surface area contributed by atoms with Crippen LogP contribution in [0.3, 0.4) is 0 Å². The predicted molar refractivity (Wildman–Crippen MR) is 118 cm³/mol. The van der Waals surface area contributed by atoms with Crippen molar-refractivity contribution in [2.75, 3.05) is 39.6 Å². The number of ether oxygens (including phenoxy) is 4. The average Bonchev–Trinajstić information content (AvgIpc) is 2.79. The Balaban J connectivity index is 4.63. The zero-order valence-corrected chi connectivity index (χ0v) is 22.4. The highest BCUT2D eigenvalue weighted by Gasteiger charge is 2.29. The van der Waals surface area contributed by atoms with Crippen molar-refractivity contribution in [1.82, 2.24) is 0 Å². The van der Waals surface area contributed by atoms with Gasteiger partial charge in [-0.2, -0.15) is 0 Å². The summed E-state index contributed by atoms with van der Waals surface area (Å²) in [6.45, 7) is 0.604. The number of aliphatic hydroxyl groups is 1. The van der Waals surface area contributed by atoms with Crippen molar-refractivity contribution in [3.63, 3.8) is 0 Å². The van der Waals surface area contributed by atoms with E-state index in [0.29, 0.717) is 0 Å². The Morgan fingerprint density at radius 3 is 1.38 bits per heavy atom. The van der Waals surface area contributed by atoms with Crippen LogP contribution in [0.1, 0.15) is 34.1 Å². The van der Waals surface area contributed by atoms with Crippen molar-refractivity contribution in [3.8, 4) is 0 Å². The zero-order chi connectivity index (χ0) is 28.6. The normalized spacial score (nSPS) is 16.8. The summed E-state index contributed by atoms with van der Waals surface area (Å²) >= 11 is 0. The minimum Gasteiger partial charge on any atom is -0.462 e. The summed E-state index contributed by atoms with van der Waals surface area (Å²) in [5, 5.41) is 9.81. The van der Waals surface area contributed by atoms with Crippen LogP contribution in [0, 0.1) is 0 Å². The third-order valence-corrected chi connectivity index (χ3v) is 5.47. The van der Waals surface area contributed by atoms with Gasteiger partial charge in [-0.3, -0.25) is 37.3 Å². The molecule has 0 aromatic heterocycles. The molecule has 19 heteroatoms. The minimum atomic E-state index is -4.82. The molecule has 5 atom stereocenters. The molecule has 216 valence electrons. The molecule has 0 aromatic carbocycles. The fraction of sp³-hybridized carbons (Fsp3) is 0.778. The summed E-state index contributed by atoms with van der Waals surface area (Å²) in [5.41, 5.74) is 0. The Hall–Kier alpha value is -1.94. The molecule has 0 amide bonds. The highest BCUT2D eigenvalue weighted by Crippen LogP contribution is 2.45. The molecule has 0 bridgehead atoms. The van der Waals surface area contributed by atoms with E-state index in [1.165, 1.54) is 6.92 Å². The molecule has 17 nitrogen and oxygen atoms in total. The van der Waals surface area contributed by atoms with Crippen LogP contribution >= 0.6 is 15.6 Å². The fourth-order valence-corrected chi connectivity index (χ4v) is 3.57. The molecule has 0 rings (SSSR count). The SMILES string of the molecule is CCC(=O)O[C@H](COC(C)=O)COP(=O)(O)OC[C@@H](O)COP(=O)(O)OC[C@@H](COC(C)=O)OC(C)=O. The van der Waals surface area contributed by atoms with Gasteiger partial charge >= 0.3 is 39.5 Å². The predicted octanol–water partition coefficient (Wildman–Crippen LogP) is -0.00580. The Morgan fingerprint density at radius 2 is 1.03 bits per heavy atom. The van der Waals surface area contributed by atoms with E-state index in [2.05, 4.69) is 27.6 Å². The monoisotopic (exact) mass is 582 g/mol. The lowest BCUT2D eigenvalue weighted by Gasteiger charge is -2.21. The highest BCUT2D eigenvalue weighted by molar-refractivity contribution is 7.47. The number of carbonyl (C=O) groups is 4. The smallest absolute Gasteiger partial charge is 0.462 e. The van der Waals surface area contributed by atoms with Gasteiger partial charge in [-0.1, -0.05) is 6.92 Å². The first-order chi connectivity index (χ1) is 17.0. The van der Waals surface area contributed by atoms with Gasteiger partial charge in [-0.05, 0) is 0 Å². The van der Waals surface area contributed by atoms with Crippen molar-refractivity contribution in [3.05, 3.63) is 0 Å². The van der Waals surface area contributed by atoms with E-state index in [9.17, 15) is 43.2 Å². The molecule has 37 heavy (non-hydrogen) atoms. The topological polar surface area (TPSA) is 237 Å². The molecular formula is C18H32O17P2. The largest absolute Gasteiger partial charge is 0.472 e. The molecule has 0 aliphatic carbocycles. The van der Waals surface area contributed by atoms with Crippen LogP contribution in [0.5, 0.6) is 0 Å². The first-order valence-electron chi connectivity index (χ1n) is 10.6. The summed E-state index contributed by atoms with van der Waals surface area (Å²) in [6, 6.07) is 0. The average molecular weight is 582 g/mol. The number of phosphoric ester groups is 2. The van der Waals surface area contributed by atoms with Crippen molar-refractivity contribution < 1.29 is 80.2 Å². The molecule has 2 unspecified atom stereocenters. The lowest BCUT2D eigenvalue weighted by molar-refractivity contribution is -0.159. The maximum atomic E-state index is 12.0. The molecule has 0 aromatic rings. The van der Waals surface area contributed by atoms with Crippen molar-refractivity contribution in [1.29, 1.82) is 0 Å². The van der Waals surface area contributed by atoms with Crippen LogP contribution in [-0.4, -0.2) is 96.7 Å². The van der Waals surface area contributed by atoms with Crippen LogP contribution in [0.4, 0.5) is 0 Å². The molecule has 0 spiro atoms. The van der Waals surface area contributed by atoms with E-state index in [0.717, 1.165) is 20.8 Å². The van der Waals surface area contributed by atoms with Gasteiger partial charge in [0.1, 0.15) is 19.3 Å². The summed E-state index contributed by atoms with van der Waals surface area (Å²) in [4.78, 5) is 63.7. The van der Waals surface area contributed by atoms with Gasteiger partial charge in [0.05, 0.1) is 26.4 Å². The van der Waals surface area contributed by atoms with Crippen LogP contribution in [0.15, 0.2) is 0 Å². The lowest BCUT2D eigenvalue weighted by Crippen LogP contribution is -2.29. The van der Waals surface area contributed by atoms with E-state index in [-0.39, 0.29) is 6.42 Å². The van der Waals surface area contributed by atoms with E-state index in [1.807, 2.05) is 0 Å². The zero-order valence-electron chi connectivity index (χ0n) is 20.6. The maximum Gasteiger partial charge on any atom is 0.472 e. The molecule has 0 aliphatic rings. The molecule has 0 saturated heterocycles. The minimum absolute atomic E-state index is 0.0227. The van der Waals surface area contributed by atoms with Crippen molar-refractivity contribution in [2.45, 2.75) is 52.4 Å². The molecular weight excluding hydrogens is 550 g/mol. The fourth-order valence-electron chi connectivity index (χ4n) is 1.99. The molecule has 0 heterocycles. The van der Waals surface area contributed by atoms with E-state index >= 15 is 0 Å². The second kappa shape index (κ2) is 17.5. The van der Waals surface area contributed by atoms with Crippen LogP contribution in [0.25, 0.3) is 0 Å². The van der Waals surface area contributed by atoms with Crippen molar-refractivity contribution in [2.24, 2.45) is 0 Å². The van der Waals surface area contributed by atoms with E-state index < -0.39 is 97.5 Å². The number of aliphatic hydroxyl groups excluding tert-OH is 1. The third-order valence-electron chi connectivity index (χ3n) is 3.57. The second-order valence-electron chi connectivity index (χ2n) is 7.08. The Morgan fingerprint density at radius 1 is 0.649 bits per heavy atom. The molecule has 3 N–H and O–H groups in total. The van der Waals surface area contributed by atoms with Gasteiger partial charge in [0.25, 0.3) is 0 Å². The van der Waals surface area contributed by atoms with Crippen molar-refractivity contribution >= 4 is 39.5 Å². The standard InChI is InChI=1S/C18H32O17P2/c1-5-18(23)35-17(9-29-13(3)20)11-33-37(26,27)31-7-15(22)6-30-36(24,25)32-10-16(34-14(4)21)8-28-12(2)19/h15-17,22H,5-11H2,1-4H3,(H,24,25)(H,26,27)/t15-,16+,17+/m0/s1. The molecule has 0 fully saturated rings. The molecule has 0 radical (unpaired) electrons. The Labute approximate surface area is 212 Å². The first-order valence-corrected chi connectivity index (χ1v) is 13.6. The number of rotatable bonds is 19.